The van der Waals surface area contributed by atoms with E-state index in [0.29, 0.717) is 17.1 Å². The molecule has 156 valence electrons. The van der Waals surface area contributed by atoms with Gasteiger partial charge in [-0.3, -0.25) is 4.79 Å². The molecular weight excluding hydrogens is 388 g/mol. The van der Waals surface area contributed by atoms with E-state index in [1.54, 1.807) is 18.2 Å². The molecule has 8 heteroatoms. The monoisotopic (exact) mass is 410 g/mol. The van der Waals surface area contributed by atoms with E-state index in [2.05, 4.69) is 0 Å². The number of ether oxygens (including phenoxy) is 3. The number of methoxy groups -OCH3 is 1. The summed E-state index contributed by atoms with van der Waals surface area (Å²) in [6.45, 7) is -0.464. The second-order valence-corrected chi connectivity index (χ2v) is 7.29. The molecule has 30 heavy (non-hydrogen) atoms. The highest BCUT2D eigenvalue weighted by molar-refractivity contribution is 5.55. The Balaban J connectivity index is 1.81. The summed E-state index contributed by atoms with van der Waals surface area (Å²) in [4.78, 5) is 12.4. The summed E-state index contributed by atoms with van der Waals surface area (Å²) < 4.78 is 22.7. The Bertz CT molecular complexity index is 1090. The maximum Gasteiger partial charge on any atom is 0.228 e. The molecule has 4 rings (SSSR count). The van der Waals surface area contributed by atoms with Crippen molar-refractivity contribution in [3.05, 3.63) is 63.0 Å². The van der Waals surface area contributed by atoms with Crippen molar-refractivity contribution in [2.24, 2.45) is 5.73 Å². The minimum atomic E-state index is -0.785. The molecule has 1 aromatic carbocycles. The van der Waals surface area contributed by atoms with Crippen LogP contribution in [0.1, 0.15) is 48.7 Å². The summed E-state index contributed by atoms with van der Waals surface area (Å²) in [5.74, 6) is 0.253. The molecule has 1 aromatic heterocycles. The summed E-state index contributed by atoms with van der Waals surface area (Å²) in [5, 5.41) is 19.1. The highest BCUT2D eigenvalue weighted by atomic mass is 16.5. The van der Waals surface area contributed by atoms with Gasteiger partial charge in [-0.2, -0.15) is 5.26 Å². The fourth-order valence-corrected chi connectivity index (χ4v) is 3.94. The van der Waals surface area contributed by atoms with Crippen LogP contribution in [0.25, 0.3) is 0 Å². The lowest BCUT2D eigenvalue weighted by Gasteiger charge is -2.25. The van der Waals surface area contributed by atoms with Gasteiger partial charge in [-0.25, -0.2) is 0 Å². The lowest BCUT2D eigenvalue weighted by atomic mass is 9.87. The smallest absolute Gasteiger partial charge is 0.228 e. The molecule has 1 saturated carbocycles. The lowest BCUT2D eigenvalue weighted by molar-refractivity contribution is 0.200. The highest BCUT2D eigenvalue weighted by Crippen LogP contribution is 2.43. The number of nitrogens with zero attached hydrogens (tertiary/aromatic N) is 1. The van der Waals surface area contributed by atoms with Gasteiger partial charge in [0, 0.05) is 6.07 Å². The van der Waals surface area contributed by atoms with Crippen molar-refractivity contribution in [3.8, 4) is 23.3 Å². The fourth-order valence-electron chi connectivity index (χ4n) is 3.94. The largest absolute Gasteiger partial charge is 0.493 e. The maximum absolute atomic E-state index is 12.4. The molecule has 2 aromatic rings. The van der Waals surface area contributed by atoms with Crippen molar-refractivity contribution in [1.29, 1.82) is 5.26 Å². The predicted molar refractivity (Wildman–Crippen MR) is 106 cm³/mol. The van der Waals surface area contributed by atoms with Gasteiger partial charge < -0.3 is 29.5 Å². The molecule has 3 N–H and O–H groups in total. The molecule has 2 aliphatic rings. The van der Waals surface area contributed by atoms with E-state index < -0.39 is 18.0 Å². The number of rotatable bonds is 5. The topological polar surface area (TPSA) is 128 Å². The van der Waals surface area contributed by atoms with Crippen LogP contribution >= 0.6 is 0 Å². The normalized spacial score (nSPS) is 18.5. The van der Waals surface area contributed by atoms with Crippen LogP contribution in [0.15, 0.2) is 44.9 Å². The lowest BCUT2D eigenvalue weighted by Crippen LogP contribution is -2.25. The van der Waals surface area contributed by atoms with Crippen molar-refractivity contribution in [1.82, 2.24) is 0 Å². The maximum atomic E-state index is 12.4. The fraction of sp³-hybridized carbons (Fsp3) is 0.364. The second-order valence-electron chi connectivity index (χ2n) is 7.29. The molecule has 0 amide bonds. The number of nitriles is 1. The van der Waals surface area contributed by atoms with Gasteiger partial charge in [0.25, 0.3) is 0 Å². The Labute approximate surface area is 173 Å². The zero-order chi connectivity index (χ0) is 21.3. The third-order valence-electron chi connectivity index (χ3n) is 5.40. The van der Waals surface area contributed by atoms with Crippen molar-refractivity contribution in [2.75, 3.05) is 7.11 Å². The Hall–Kier alpha value is -3.44. The van der Waals surface area contributed by atoms with Crippen LogP contribution in [0.2, 0.25) is 0 Å². The van der Waals surface area contributed by atoms with E-state index in [-0.39, 0.29) is 34.8 Å². The first kappa shape index (κ1) is 19.9. The Morgan fingerprint density at radius 2 is 2.03 bits per heavy atom. The van der Waals surface area contributed by atoms with Crippen LogP contribution in [0.5, 0.6) is 17.2 Å². The number of fused-ring (bicyclic) bond motifs is 1. The highest BCUT2D eigenvalue weighted by Gasteiger charge is 2.35. The van der Waals surface area contributed by atoms with Gasteiger partial charge in [-0.1, -0.05) is 6.07 Å². The first-order chi connectivity index (χ1) is 14.5. The summed E-state index contributed by atoms with van der Waals surface area (Å²) >= 11 is 0. The molecule has 1 atom stereocenters. The number of benzene rings is 1. The predicted octanol–water partition coefficient (Wildman–Crippen LogP) is 2.68. The first-order valence-corrected chi connectivity index (χ1v) is 9.75. The average molecular weight is 410 g/mol. The van der Waals surface area contributed by atoms with E-state index in [9.17, 15) is 15.2 Å². The molecule has 0 unspecified atom stereocenters. The molecule has 0 radical (unpaired) electrons. The minimum Gasteiger partial charge on any atom is -0.493 e. The zero-order valence-corrected chi connectivity index (χ0v) is 16.5. The molecule has 2 heterocycles. The van der Waals surface area contributed by atoms with Crippen molar-refractivity contribution < 1.29 is 23.7 Å². The molecule has 8 nitrogen and oxygen atoms in total. The van der Waals surface area contributed by atoms with Crippen molar-refractivity contribution in [2.45, 2.75) is 44.3 Å². The zero-order valence-electron chi connectivity index (χ0n) is 16.5. The van der Waals surface area contributed by atoms with Crippen LogP contribution < -0.4 is 25.4 Å². The van der Waals surface area contributed by atoms with Gasteiger partial charge in [0.15, 0.2) is 17.3 Å². The molecular formula is C22H22N2O6. The molecule has 1 aliphatic carbocycles. The van der Waals surface area contributed by atoms with E-state index in [0.717, 1.165) is 31.7 Å². The van der Waals surface area contributed by atoms with E-state index >= 15 is 0 Å². The van der Waals surface area contributed by atoms with E-state index in [1.165, 1.54) is 7.11 Å². The Kier molecular flexibility index (Phi) is 5.38. The van der Waals surface area contributed by atoms with Crippen LogP contribution in [0.3, 0.4) is 0 Å². The number of allylic oxidation sites excluding steroid dienone is 1. The summed E-state index contributed by atoms with van der Waals surface area (Å²) in [5.41, 5.74) is 6.16. The van der Waals surface area contributed by atoms with Crippen LogP contribution in [-0.4, -0.2) is 18.3 Å². The van der Waals surface area contributed by atoms with Gasteiger partial charge in [0.2, 0.25) is 17.1 Å². The van der Waals surface area contributed by atoms with E-state index in [1.807, 2.05) is 6.07 Å². The van der Waals surface area contributed by atoms with Gasteiger partial charge in [-0.05, 0) is 43.4 Å². The van der Waals surface area contributed by atoms with Gasteiger partial charge in [0.05, 0.1) is 19.1 Å². The quantitative estimate of drug-likeness (QED) is 0.770. The standard InChI is InChI=1S/C22H22N2O6/c1-27-18-8-12(6-7-17(18)28-13-4-2-3-5-13)19-15(10-23)22(24)30-20-16(26)9-14(11-25)29-21(19)20/h6-9,13,19,25H,2-5,11,24H2,1H3/t19-/m1/s1. The molecule has 1 fully saturated rings. The molecule has 0 spiro atoms. The first-order valence-electron chi connectivity index (χ1n) is 9.75. The average Bonchev–Trinajstić information content (AvgIpc) is 3.26. The number of aliphatic hydroxyl groups excluding tert-OH is 1. The Morgan fingerprint density at radius 1 is 1.27 bits per heavy atom. The minimum absolute atomic E-state index is 0.0678. The van der Waals surface area contributed by atoms with Gasteiger partial charge in [0.1, 0.15) is 24.0 Å². The third-order valence-corrected chi connectivity index (χ3v) is 5.40. The summed E-state index contributed by atoms with van der Waals surface area (Å²) in [7, 11) is 1.54. The van der Waals surface area contributed by atoms with Gasteiger partial charge in [-0.15, -0.1) is 0 Å². The van der Waals surface area contributed by atoms with Crippen molar-refractivity contribution in [3.63, 3.8) is 0 Å². The molecule has 0 bridgehead atoms. The summed E-state index contributed by atoms with van der Waals surface area (Å²) in [6.07, 6.45) is 4.46. The van der Waals surface area contributed by atoms with Crippen LogP contribution in [-0.2, 0) is 6.61 Å². The number of hydrogen-bond acceptors (Lipinski definition) is 8. The number of nitrogens with two attached hydrogens (primary N) is 1. The number of aliphatic hydroxyl groups is 1. The Morgan fingerprint density at radius 3 is 2.70 bits per heavy atom. The summed E-state index contributed by atoms with van der Waals surface area (Å²) in [6, 6.07) is 8.48. The van der Waals surface area contributed by atoms with E-state index in [4.69, 9.17) is 24.4 Å². The second kappa shape index (κ2) is 8.13. The molecule has 1 aliphatic heterocycles. The third kappa shape index (κ3) is 3.48. The van der Waals surface area contributed by atoms with Gasteiger partial charge >= 0.3 is 0 Å². The van der Waals surface area contributed by atoms with Crippen molar-refractivity contribution >= 4 is 0 Å². The molecule has 0 saturated heterocycles. The SMILES string of the molecule is COc1cc([C@@H]2C(C#N)=C(N)Oc3c2oc(CO)cc3=O)ccc1OC1CCCC1. The van der Waals surface area contributed by atoms with Crippen LogP contribution in [0.4, 0.5) is 0 Å². The van der Waals surface area contributed by atoms with Crippen LogP contribution in [0, 0.1) is 11.3 Å². The number of hydrogen-bond donors (Lipinski definition) is 2.